The minimum absolute atomic E-state index is 0. The number of nitrogens with one attached hydrogen (secondary N) is 2. The molecule has 4 nitrogen and oxygen atoms in total. The molecule has 0 saturated carbocycles. The van der Waals surface area contributed by atoms with Gasteiger partial charge in [-0.15, -0.1) is 12.6 Å². The Morgan fingerprint density at radius 3 is 2.60 bits per heavy atom. The number of hydrazine groups is 3. The molecule has 7 heteroatoms. The van der Waals surface area contributed by atoms with E-state index in [1.807, 2.05) is 0 Å². The van der Waals surface area contributed by atoms with E-state index in [-0.39, 0.29) is 29.6 Å². The molecule has 1 aliphatic rings. The Labute approximate surface area is 91.8 Å². The Kier molecular flexibility index (Phi) is 4.87. The van der Waals surface area contributed by atoms with Crippen LogP contribution in [0.1, 0.15) is 0 Å². The van der Waals surface area contributed by atoms with Crippen molar-refractivity contribution in [3.63, 3.8) is 0 Å². The summed E-state index contributed by atoms with van der Waals surface area (Å²) >= 11 is 8.74. The number of thiocarbonyl (C=S) groups is 1. The van der Waals surface area contributed by atoms with Gasteiger partial charge in [0.15, 0.2) is 0 Å². The first-order valence-electron chi connectivity index (χ1n) is 2.21. The van der Waals surface area contributed by atoms with Gasteiger partial charge in [-0.05, 0) is 0 Å². The molecule has 10 heavy (non-hydrogen) atoms. The third-order valence-electron chi connectivity index (χ3n) is 0.733. The van der Waals surface area contributed by atoms with E-state index in [9.17, 15) is 0 Å². The van der Waals surface area contributed by atoms with Gasteiger partial charge in [0.2, 0.25) is 0 Å². The molecule has 0 aromatic carbocycles. The van der Waals surface area contributed by atoms with Gasteiger partial charge in [-0.2, -0.15) is 0 Å². The summed E-state index contributed by atoms with van der Waals surface area (Å²) in [5.41, 5.74) is 5.26. The molecule has 0 spiro atoms. The molecule has 1 heterocycles. The van der Waals surface area contributed by atoms with Crippen molar-refractivity contribution in [2.75, 3.05) is 0 Å². The minimum atomic E-state index is 0. The summed E-state index contributed by atoms with van der Waals surface area (Å²) in [6.45, 7) is 0. The van der Waals surface area contributed by atoms with Gasteiger partial charge in [0.05, 0.1) is 5.03 Å². The van der Waals surface area contributed by atoms with Crippen LogP contribution >= 0.6 is 24.8 Å². The van der Waals surface area contributed by atoms with Gasteiger partial charge < -0.3 is 0 Å². The second-order valence-corrected chi connectivity index (χ2v) is 2.41. The van der Waals surface area contributed by atoms with Crippen LogP contribution in [0.2, 0.25) is 0 Å². The van der Waals surface area contributed by atoms with Gasteiger partial charge in [-0.25, -0.2) is 5.84 Å². The van der Waals surface area contributed by atoms with Gasteiger partial charge >= 0.3 is 0 Å². The molecule has 0 aliphatic carbocycles. The molecule has 1 rings (SSSR count). The van der Waals surface area contributed by atoms with E-state index in [1.165, 1.54) is 0 Å². The van der Waals surface area contributed by atoms with Gasteiger partial charge in [-0.1, -0.05) is 17.4 Å². The van der Waals surface area contributed by atoms with Gasteiger partial charge in [0.25, 0.3) is 0 Å². The Morgan fingerprint density at radius 1 is 1.60 bits per heavy atom. The van der Waals surface area contributed by atoms with Crippen LogP contribution in [0.5, 0.6) is 0 Å². The van der Waals surface area contributed by atoms with Crippen molar-refractivity contribution in [3.8, 4) is 0 Å². The minimum Gasteiger partial charge on any atom is -0.282 e. The van der Waals surface area contributed by atoms with Crippen molar-refractivity contribution < 1.29 is 0 Å². The van der Waals surface area contributed by atoms with Crippen LogP contribution < -0.4 is 16.7 Å². The maximum absolute atomic E-state index is 5.25. The molecule has 0 fully saturated rings. The maximum Gasteiger partial charge on any atom is 0.118 e. The van der Waals surface area contributed by atoms with E-state index >= 15 is 0 Å². The molecule has 0 aromatic rings. The van der Waals surface area contributed by atoms with Crippen molar-refractivity contribution in [1.82, 2.24) is 16.1 Å². The summed E-state index contributed by atoms with van der Waals surface area (Å²) < 4.78 is 0. The predicted octanol–water partition coefficient (Wildman–Crippen LogP) is -1.10. The fourth-order valence-electron chi connectivity index (χ4n) is 0.459. The smallest absolute Gasteiger partial charge is 0.118 e. The third kappa shape index (κ3) is 3.20. The second-order valence-electron chi connectivity index (χ2n) is 1.49. The molecule has 0 amide bonds. The van der Waals surface area contributed by atoms with E-state index in [0.29, 0.717) is 10.0 Å². The maximum atomic E-state index is 5.25. The summed E-state index contributed by atoms with van der Waals surface area (Å²) in [5.74, 6) is 5.25. The third-order valence-corrected chi connectivity index (χ3v) is 1.17. The largest absolute Gasteiger partial charge is 0.282 e. The topological polar surface area (TPSA) is 53.3 Å². The first-order valence-corrected chi connectivity index (χ1v) is 3.07. The monoisotopic (exact) mass is 185 g/mol. The molecule has 0 aromatic heterocycles. The average Bonchev–Trinajstić information content (AvgIpc) is 1.59. The van der Waals surface area contributed by atoms with E-state index in [1.54, 1.807) is 6.08 Å². The summed E-state index contributed by atoms with van der Waals surface area (Å²) in [6.07, 6.45) is 1.65. The number of hydrogen-bond donors (Lipinski definition) is 4. The molecule has 4 N–H and O–H groups in total. The van der Waals surface area contributed by atoms with Gasteiger partial charge in [0.1, 0.15) is 4.99 Å². The Morgan fingerprint density at radius 2 is 2.20 bits per heavy atom. The number of thiol groups is 1. The standard InChI is InChI=1S/C3H6N4S2.Na/c4-7-5-2(8)1-3(9)6-7;/h1,5,8H,4H2,(H,6,9);. The predicted molar refractivity (Wildman–Crippen MR) is 47.7 cm³/mol. The van der Waals surface area contributed by atoms with E-state index in [2.05, 4.69) is 23.5 Å². The molecule has 0 bridgehead atoms. The quantitative estimate of drug-likeness (QED) is 0.167. The number of nitrogens with zero attached hydrogens (tertiary/aromatic N) is 1. The number of nitrogens with two attached hydrogens (primary N) is 1. The Bertz CT molecular complexity index is 170. The molecule has 51 valence electrons. The second kappa shape index (κ2) is 4.55. The first kappa shape index (κ1) is 10.7. The average molecular weight is 185 g/mol. The fourth-order valence-corrected chi connectivity index (χ4v) is 0.999. The van der Waals surface area contributed by atoms with E-state index < -0.39 is 0 Å². The molecule has 1 aliphatic heterocycles. The fraction of sp³-hybridized carbons (Fsp3) is 0. The van der Waals surface area contributed by atoms with Crippen LogP contribution in [0.3, 0.4) is 0 Å². The van der Waals surface area contributed by atoms with Gasteiger partial charge in [0, 0.05) is 35.6 Å². The molecular weight excluding hydrogens is 179 g/mol. The van der Waals surface area contributed by atoms with Crippen LogP contribution in [0.4, 0.5) is 0 Å². The van der Waals surface area contributed by atoms with Gasteiger partial charge in [-0.3, -0.25) is 10.9 Å². The van der Waals surface area contributed by atoms with E-state index in [0.717, 1.165) is 5.23 Å². The zero-order valence-corrected chi connectivity index (χ0v) is 9.17. The summed E-state index contributed by atoms with van der Waals surface area (Å²) in [6, 6.07) is 0. The van der Waals surface area contributed by atoms with Crippen molar-refractivity contribution in [2.24, 2.45) is 5.84 Å². The molecule has 0 saturated heterocycles. The zero-order valence-electron chi connectivity index (χ0n) is 5.46. The normalized spacial score (nSPS) is 18.2. The van der Waals surface area contributed by atoms with Crippen molar-refractivity contribution in [1.29, 1.82) is 0 Å². The molecule has 1 radical (unpaired) electrons. The van der Waals surface area contributed by atoms with E-state index in [4.69, 9.17) is 18.1 Å². The van der Waals surface area contributed by atoms with Crippen LogP contribution in [-0.4, -0.2) is 39.8 Å². The molecule has 0 unspecified atom stereocenters. The van der Waals surface area contributed by atoms with Crippen LogP contribution in [0.15, 0.2) is 11.1 Å². The summed E-state index contributed by atoms with van der Waals surface area (Å²) in [5, 5.41) is 1.77. The van der Waals surface area contributed by atoms with Crippen molar-refractivity contribution in [3.05, 3.63) is 11.1 Å². The number of hydrogen-bond acceptors (Lipinski definition) is 5. The van der Waals surface area contributed by atoms with Crippen molar-refractivity contribution in [2.45, 2.75) is 0 Å². The Balaban J connectivity index is 0.000000810. The zero-order chi connectivity index (χ0) is 6.85. The molecule has 0 atom stereocenters. The first-order chi connectivity index (χ1) is 4.18. The summed E-state index contributed by atoms with van der Waals surface area (Å²) in [4.78, 5) is 0.543. The van der Waals surface area contributed by atoms with Crippen LogP contribution in [0, 0.1) is 0 Å². The number of rotatable bonds is 0. The summed E-state index contributed by atoms with van der Waals surface area (Å²) in [7, 11) is 0. The van der Waals surface area contributed by atoms with Crippen LogP contribution in [0.25, 0.3) is 0 Å². The molecular formula is C3H6N4NaS2. The Hall–Kier alpha value is 0.700. The SMILES string of the molecule is NN1NC(=S)C=C(S)N1.[Na]. The van der Waals surface area contributed by atoms with Crippen LogP contribution in [-0.2, 0) is 0 Å². The van der Waals surface area contributed by atoms with Crippen molar-refractivity contribution >= 4 is 59.4 Å².